The van der Waals surface area contributed by atoms with Crippen LogP contribution < -0.4 is 0 Å². The lowest BCUT2D eigenvalue weighted by atomic mass is 9.98. The number of carbonyl (C=O) groups is 2. The first-order valence-corrected chi connectivity index (χ1v) is 7.57. The van der Waals surface area contributed by atoms with E-state index in [1.54, 1.807) is 0 Å². The Bertz CT molecular complexity index is 707. The molecule has 0 saturated heterocycles. The number of nitrogens with zero attached hydrogens (tertiary/aromatic N) is 3. The number of amides is 1. The molecule has 1 aromatic carbocycles. The van der Waals surface area contributed by atoms with Crippen molar-refractivity contribution in [2.24, 2.45) is 11.0 Å². The molecule has 0 saturated carbocycles. The van der Waals surface area contributed by atoms with Crippen LogP contribution in [0.2, 0.25) is 0 Å². The van der Waals surface area contributed by atoms with Crippen LogP contribution in [0.3, 0.4) is 0 Å². The van der Waals surface area contributed by atoms with Crippen molar-refractivity contribution >= 4 is 27.9 Å². The maximum atomic E-state index is 12.0. The number of carbonyl (C=O) groups excluding carboxylic acids is 2. The number of sulfonamides is 1. The minimum atomic E-state index is -3.51. The van der Waals surface area contributed by atoms with Gasteiger partial charge in [0.25, 0.3) is 5.91 Å². The third-order valence-corrected chi connectivity index (χ3v) is 5.03. The second-order valence-electron chi connectivity index (χ2n) is 4.77. The highest BCUT2D eigenvalue weighted by Crippen LogP contribution is 2.21. The number of hydrazone groups is 1. The van der Waals surface area contributed by atoms with E-state index in [1.165, 1.54) is 45.4 Å². The third-order valence-electron chi connectivity index (χ3n) is 3.20. The highest BCUT2D eigenvalue weighted by molar-refractivity contribution is 7.89. The van der Waals surface area contributed by atoms with Crippen molar-refractivity contribution in [1.29, 1.82) is 0 Å². The second kappa shape index (κ2) is 5.38. The van der Waals surface area contributed by atoms with Crippen LogP contribution in [0.5, 0.6) is 0 Å². The Morgan fingerprint density at radius 3 is 2.29 bits per heavy atom. The van der Waals surface area contributed by atoms with Crippen LogP contribution in [0.15, 0.2) is 34.3 Å². The number of rotatable bonds is 4. The Balaban J connectivity index is 2.39. The molecule has 0 spiro atoms. The standard InChI is InChI=1S/C13H15N3O4S/c1-15(2)21(19,20)10-6-4-9(5-7-10)12-11(8-17)13(18)16(3)14-12/h4-8,11H,1-3H3. The predicted molar refractivity (Wildman–Crippen MR) is 76.2 cm³/mol. The van der Waals surface area contributed by atoms with E-state index in [0.29, 0.717) is 17.6 Å². The van der Waals surface area contributed by atoms with Gasteiger partial charge in [-0.25, -0.2) is 17.7 Å². The minimum Gasteiger partial charge on any atom is -0.302 e. The van der Waals surface area contributed by atoms with E-state index in [-0.39, 0.29) is 4.90 Å². The van der Waals surface area contributed by atoms with Gasteiger partial charge in [-0.1, -0.05) is 12.1 Å². The Morgan fingerprint density at radius 1 is 1.24 bits per heavy atom. The monoisotopic (exact) mass is 309 g/mol. The van der Waals surface area contributed by atoms with Gasteiger partial charge in [0.15, 0.2) is 0 Å². The van der Waals surface area contributed by atoms with E-state index >= 15 is 0 Å². The van der Waals surface area contributed by atoms with E-state index in [1.807, 2.05) is 0 Å². The van der Waals surface area contributed by atoms with E-state index < -0.39 is 21.8 Å². The van der Waals surface area contributed by atoms with Crippen LogP contribution in [0.1, 0.15) is 5.56 Å². The smallest absolute Gasteiger partial charge is 0.258 e. The first kappa shape index (κ1) is 15.3. The van der Waals surface area contributed by atoms with Crippen molar-refractivity contribution in [3.63, 3.8) is 0 Å². The Morgan fingerprint density at radius 2 is 1.81 bits per heavy atom. The quantitative estimate of drug-likeness (QED) is 0.575. The fourth-order valence-corrected chi connectivity index (χ4v) is 2.86. The molecular formula is C13H15N3O4S. The van der Waals surface area contributed by atoms with Gasteiger partial charge in [0.1, 0.15) is 12.2 Å². The highest BCUT2D eigenvalue weighted by Gasteiger charge is 2.34. The molecule has 1 aromatic rings. The van der Waals surface area contributed by atoms with Gasteiger partial charge in [-0.3, -0.25) is 4.79 Å². The van der Waals surface area contributed by atoms with Crippen LogP contribution in [0, 0.1) is 5.92 Å². The summed E-state index contributed by atoms with van der Waals surface area (Å²) in [7, 11) is 0.847. The molecule has 1 heterocycles. The summed E-state index contributed by atoms with van der Waals surface area (Å²) in [5.74, 6) is -1.34. The number of aldehydes is 1. The Labute approximate surface area is 122 Å². The van der Waals surface area contributed by atoms with Crippen LogP contribution in [0.25, 0.3) is 0 Å². The van der Waals surface area contributed by atoms with E-state index in [4.69, 9.17) is 0 Å². The van der Waals surface area contributed by atoms with Crippen molar-refractivity contribution in [1.82, 2.24) is 9.31 Å². The SMILES string of the molecule is CN1N=C(c2ccc(S(=O)(=O)N(C)C)cc2)C(C=O)C1=O. The van der Waals surface area contributed by atoms with Gasteiger partial charge < -0.3 is 4.79 Å². The van der Waals surface area contributed by atoms with Crippen molar-refractivity contribution < 1.29 is 18.0 Å². The maximum Gasteiger partial charge on any atom is 0.258 e. The van der Waals surface area contributed by atoms with Crippen LogP contribution >= 0.6 is 0 Å². The van der Waals surface area contributed by atoms with Gasteiger partial charge in [0.05, 0.1) is 10.6 Å². The molecule has 1 aliphatic rings. The summed E-state index contributed by atoms with van der Waals surface area (Å²) >= 11 is 0. The Kier molecular flexibility index (Phi) is 3.93. The zero-order valence-electron chi connectivity index (χ0n) is 11.8. The largest absolute Gasteiger partial charge is 0.302 e. The summed E-state index contributed by atoms with van der Waals surface area (Å²) in [6.07, 6.45) is 0.537. The molecule has 0 radical (unpaired) electrons. The molecule has 0 fully saturated rings. The number of hydrogen-bond acceptors (Lipinski definition) is 5. The van der Waals surface area contributed by atoms with Gasteiger partial charge in [-0.2, -0.15) is 5.10 Å². The molecule has 1 aliphatic heterocycles. The fourth-order valence-electron chi connectivity index (χ4n) is 1.96. The van der Waals surface area contributed by atoms with Crippen molar-refractivity contribution in [2.45, 2.75) is 4.90 Å². The molecule has 0 aromatic heterocycles. The zero-order valence-corrected chi connectivity index (χ0v) is 12.7. The molecule has 112 valence electrons. The lowest BCUT2D eigenvalue weighted by Gasteiger charge is -2.11. The summed E-state index contributed by atoms with van der Waals surface area (Å²) in [6.45, 7) is 0. The van der Waals surface area contributed by atoms with Crippen molar-refractivity contribution in [2.75, 3.05) is 21.1 Å². The molecule has 0 bridgehead atoms. The fraction of sp³-hybridized carbons (Fsp3) is 0.308. The van der Waals surface area contributed by atoms with Crippen LogP contribution in [-0.4, -0.2) is 56.8 Å². The van der Waals surface area contributed by atoms with E-state index in [0.717, 1.165) is 9.31 Å². The summed E-state index contributed by atoms with van der Waals surface area (Å²) < 4.78 is 25.0. The summed E-state index contributed by atoms with van der Waals surface area (Å²) in [5.41, 5.74) is 0.869. The lowest BCUT2D eigenvalue weighted by molar-refractivity contribution is -0.132. The second-order valence-corrected chi connectivity index (χ2v) is 6.92. The number of benzene rings is 1. The molecule has 1 atom stereocenters. The molecule has 0 aliphatic carbocycles. The molecule has 1 amide bonds. The van der Waals surface area contributed by atoms with Crippen molar-refractivity contribution in [3.8, 4) is 0 Å². The van der Waals surface area contributed by atoms with Crippen LogP contribution in [-0.2, 0) is 19.6 Å². The van der Waals surface area contributed by atoms with Gasteiger partial charge in [-0.05, 0) is 17.7 Å². The van der Waals surface area contributed by atoms with Crippen LogP contribution in [0.4, 0.5) is 0 Å². The molecule has 7 nitrogen and oxygen atoms in total. The molecule has 21 heavy (non-hydrogen) atoms. The van der Waals surface area contributed by atoms with E-state index in [9.17, 15) is 18.0 Å². The normalized spacial score (nSPS) is 19.0. The molecular weight excluding hydrogens is 294 g/mol. The Hall–Kier alpha value is -2.06. The van der Waals surface area contributed by atoms with Gasteiger partial charge in [0, 0.05) is 21.1 Å². The van der Waals surface area contributed by atoms with Crippen molar-refractivity contribution in [3.05, 3.63) is 29.8 Å². The molecule has 8 heteroatoms. The summed E-state index contributed by atoms with van der Waals surface area (Å²) in [5, 5.41) is 5.14. The lowest BCUT2D eigenvalue weighted by Crippen LogP contribution is -2.26. The van der Waals surface area contributed by atoms with Gasteiger partial charge >= 0.3 is 0 Å². The topological polar surface area (TPSA) is 87.1 Å². The molecule has 2 rings (SSSR count). The first-order chi connectivity index (χ1) is 9.78. The maximum absolute atomic E-state index is 12.0. The average Bonchev–Trinajstić information content (AvgIpc) is 2.74. The molecule has 0 N–H and O–H groups in total. The summed E-state index contributed by atoms with van der Waals surface area (Å²) in [4.78, 5) is 22.9. The first-order valence-electron chi connectivity index (χ1n) is 6.13. The average molecular weight is 309 g/mol. The van der Waals surface area contributed by atoms with E-state index in [2.05, 4.69) is 5.10 Å². The zero-order chi connectivity index (χ0) is 15.8. The molecule has 1 unspecified atom stereocenters. The number of hydrogen-bond donors (Lipinski definition) is 0. The summed E-state index contributed by atoms with van der Waals surface area (Å²) in [6, 6.07) is 5.94. The van der Waals surface area contributed by atoms with Gasteiger partial charge in [-0.15, -0.1) is 0 Å². The van der Waals surface area contributed by atoms with Gasteiger partial charge in [0.2, 0.25) is 10.0 Å². The minimum absolute atomic E-state index is 0.136. The predicted octanol–water partition coefficient (Wildman–Crippen LogP) is -0.0719. The third kappa shape index (κ3) is 2.59. The highest BCUT2D eigenvalue weighted by atomic mass is 32.2.